The van der Waals surface area contributed by atoms with Crippen molar-refractivity contribution in [1.29, 1.82) is 0 Å². The van der Waals surface area contributed by atoms with E-state index in [1.54, 1.807) is 18.0 Å². The molecule has 2 atom stereocenters. The molecule has 2 nitrogen and oxygen atoms in total. The second kappa shape index (κ2) is 4.63. The van der Waals surface area contributed by atoms with E-state index in [0.29, 0.717) is 0 Å². The van der Waals surface area contributed by atoms with Gasteiger partial charge in [-0.25, -0.2) is 0 Å². The lowest BCUT2D eigenvalue weighted by molar-refractivity contribution is 0.196. The van der Waals surface area contributed by atoms with Gasteiger partial charge in [-0.3, -0.25) is 4.98 Å². The van der Waals surface area contributed by atoms with Gasteiger partial charge in [0.15, 0.2) is 0 Å². The van der Waals surface area contributed by atoms with Gasteiger partial charge in [0.2, 0.25) is 0 Å². The van der Waals surface area contributed by atoms with Gasteiger partial charge in [-0.15, -0.1) is 11.8 Å². The Labute approximate surface area is 83.4 Å². The molecule has 1 aromatic heterocycles. The van der Waals surface area contributed by atoms with Crippen molar-refractivity contribution in [2.24, 2.45) is 0 Å². The van der Waals surface area contributed by atoms with Crippen molar-refractivity contribution in [2.75, 3.05) is 0 Å². The SMILES string of the molecule is Cc1cnccc1SC(C)C(C)O. The van der Waals surface area contributed by atoms with Gasteiger partial charge in [0, 0.05) is 22.5 Å². The van der Waals surface area contributed by atoms with E-state index in [-0.39, 0.29) is 11.4 Å². The predicted octanol–water partition coefficient (Wildman–Crippen LogP) is 2.25. The van der Waals surface area contributed by atoms with Crippen LogP contribution in [0.4, 0.5) is 0 Å². The molecule has 0 aliphatic heterocycles. The summed E-state index contributed by atoms with van der Waals surface area (Å²) < 4.78 is 0. The molecule has 0 bridgehead atoms. The number of hydrogen-bond acceptors (Lipinski definition) is 3. The first-order valence-corrected chi connectivity index (χ1v) is 5.24. The fourth-order valence-corrected chi connectivity index (χ4v) is 1.87. The highest BCUT2D eigenvalue weighted by atomic mass is 32.2. The average Bonchev–Trinajstić information content (AvgIpc) is 2.08. The maximum Gasteiger partial charge on any atom is 0.0631 e. The topological polar surface area (TPSA) is 33.1 Å². The lowest BCUT2D eigenvalue weighted by Gasteiger charge is -2.14. The Kier molecular flexibility index (Phi) is 3.75. The van der Waals surface area contributed by atoms with Crippen LogP contribution >= 0.6 is 11.8 Å². The second-order valence-corrected chi connectivity index (χ2v) is 4.62. The number of pyridine rings is 1. The minimum atomic E-state index is -0.280. The molecule has 3 heteroatoms. The fourth-order valence-electron chi connectivity index (χ4n) is 0.892. The molecule has 0 radical (unpaired) electrons. The third-order valence-electron chi connectivity index (χ3n) is 1.96. The minimum Gasteiger partial charge on any atom is -0.392 e. The zero-order valence-corrected chi connectivity index (χ0v) is 9.01. The van der Waals surface area contributed by atoms with Gasteiger partial charge < -0.3 is 5.11 Å². The highest BCUT2D eigenvalue weighted by Gasteiger charge is 2.11. The molecule has 0 saturated carbocycles. The van der Waals surface area contributed by atoms with Gasteiger partial charge >= 0.3 is 0 Å². The van der Waals surface area contributed by atoms with Crippen molar-refractivity contribution in [3.8, 4) is 0 Å². The van der Waals surface area contributed by atoms with Crippen LogP contribution in [0.3, 0.4) is 0 Å². The Hall–Kier alpha value is -0.540. The summed E-state index contributed by atoms with van der Waals surface area (Å²) >= 11 is 1.69. The van der Waals surface area contributed by atoms with Crippen molar-refractivity contribution in [3.05, 3.63) is 24.0 Å². The lowest BCUT2D eigenvalue weighted by atomic mass is 10.3. The van der Waals surface area contributed by atoms with E-state index in [4.69, 9.17) is 0 Å². The van der Waals surface area contributed by atoms with E-state index in [9.17, 15) is 5.11 Å². The van der Waals surface area contributed by atoms with E-state index in [0.717, 1.165) is 0 Å². The third kappa shape index (κ3) is 3.01. The van der Waals surface area contributed by atoms with Gasteiger partial charge in [0.1, 0.15) is 0 Å². The summed E-state index contributed by atoms with van der Waals surface area (Å²) in [7, 11) is 0. The van der Waals surface area contributed by atoms with Crippen LogP contribution in [0.15, 0.2) is 23.4 Å². The molecule has 0 aromatic carbocycles. The van der Waals surface area contributed by atoms with Crippen LogP contribution in [0.2, 0.25) is 0 Å². The number of rotatable bonds is 3. The zero-order chi connectivity index (χ0) is 9.84. The highest BCUT2D eigenvalue weighted by molar-refractivity contribution is 8.00. The molecule has 2 unspecified atom stereocenters. The van der Waals surface area contributed by atoms with E-state index >= 15 is 0 Å². The van der Waals surface area contributed by atoms with Crippen LogP contribution in [0.25, 0.3) is 0 Å². The summed E-state index contributed by atoms with van der Waals surface area (Å²) in [5.74, 6) is 0. The van der Waals surface area contributed by atoms with Crippen molar-refractivity contribution in [2.45, 2.75) is 37.0 Å². The molecule has 13 heavy (non-hydrogen) atoms. The standard InChI is InChI=1S/C10H15NOS/c1-7-6-11-5-4-10(7)13-9(3)8(2)12/h4-6,8-9,12H,1-3H3. The average molecular weight is 197 g/mol. The number of aliphatic hydroxyl groups is 1. The molecule has 1 rings (SSSR count). The molecule has 72 valence electrons. The number of nitrogens with zero attached hydrogens (tertiary/aromatic N) is 1. The van der Waals surface area contributed by atoms with Crippen molar-refractivity contribution in [1.82, 2.24) is 4.98 Å². The number of hydrogen-bond donors (Lipinski definition) is 1. The summed E-state index contributed by atoms with van der Waals surface area (Å²) in [6, 6.07) is 1.98. The van der Waals surface area contributed by atoms with E-state index < -0.39 is 0 Å². The van der Waals surface area contributed by atoms with Gasteiger partial charge in [0.25, 0.3) is 0 Å². The Morgan fingerprint density at radius 1 is 1.46 bits per heavy atom. The third-order valence-corrected chi connectivity index (χ3v) is 3.44. The summed E-state index contributed by atoms with van der Waals surface area (Å²) in [6.45, 7) is 5.87. The lowest BCUT2D eigenvalue weighted by Crippen LogP contribution is -2.15. The molecule has 0 spiro atoms. The Bertz CT molecular complexity index is 275. The number of aryl methyl sites for hydroxylation is 1. The van der Waals surface area contributed by atoms with Gasteiger partial charge in [-0.05, 0) is 25.5 Å². The first-order valence-electron chi connectivity index (χ1n) is 4.36. The molecule has 0 aliphatic rings. The van der Waals surface area contributed by atoms with E-state index in [2.05, 4.69) is 4.98 Å². The fraction of sp³-hybridized carbons (Fsp3) is 0.500. The van der Waals surface area contributed by atoms with Crippen molar-refractivity contribution < 1.29 is 5.11 Å². The Balaban J connectivity index is 2.69. The summed E-state index contributed by atoms with van der Waals surface area (Å²) in [5, 5.41) is 9.56. The van der Waals surface area contributed by atoms with Gasteiger partial charge in [0.05, 0.1) is 6.10 Å². The summed E-state index contributed by atoms with van der Waals surface area (Å²) in [6.07, 6.45) is 3.35. The van der Waals surface area contributed by atoms with Crippen LogP contribution in [0.1, 0.15) is 19.4 Å². The molecule has 1 N–H and O–H groups in total. The molecular weight excluding hydrogens is 182 g/mol. The number of aliphatic hydroxyl groups excluding tert-OH is 1. The largest absolute Gasteiger partial charge is 0.392 e. The normalized spacial score (nSPS) is 15.4. The molecule has 1 aromatic rings. The molecule has 0 saturated heterocycles. The maximum absolute atomic E-state index is 9.34. The minimum absolute atomic E-state index is 0.223. The first kappa shape index (κ1) is 10.5. The quantitative estimate of drug-likeness (QED) is 0.754. The molecular formula is C10H15NOS. The molecule has 0 fully saturated rings. The Morgan fingerprint density at radius 2 is 2.15 bits per heavy atom. The maximum atomic E-state index is 9.34. The van der Waals surface area contributed by atoms with Crippen LogP contribution in [0, 0.1) is 6.92 Å². The van der Waals surface area contributed by atoms with Gasteiger partial charge in [-0.2, -0.15) is 0 Å². The Morgan fingerprint density at radius 3 is 2.69 bits per heavy atom. The van der Waals surface area contributed by atoms with Crippen LogP contribution in [0.5, 0.6) is 0 Å². The van der Waals surface area contributed by atoms with Gasteiger partial charge in [-0.1, -0.05) is 6.92 Å². The summed E-state index contributed by atoms with van der Waals surface area (Å²) in [5.41, 5.74) is 1.17. The van der Waals surface area contributed by atoms with Crippen LogP contribution in [-0.2, 0) is 0 Å². The second-order valence-electron chi connectivity index (χ2n) is 3.20. The molecule has 0 aliphatic carbocycles. The van der Waals surface area contributed by atoms with Crippen LogP contribution < -0.4 is 0 Å². The number of thioether (sulfide) groups is 1. The van der Waals surface area contributed by atoms with Crippen molar-refractivity contribution >= 4 is 11.8 Å². The molecule has 1 heterocycles. The monoisotopic (exact) mass is 197 g/mol. The smallest absolute Gasteiger partial charge is 0.0631 e. The van der Waals surface area contributed by atoms with Crippen molar-refractivity contribution in [3.63, 3.8) is 0 Å². The highest BCUT2D eigenvalue weighted by Crippen LogP contribution is 2.27. The molecule has 0 amide bonds. The van der Waals surface area contributed by atoms with Crippen LogP contribution in [-0.4, -0.2) is 21.4 Å². The predicted molar refractivity (Wildman–Crippen MR) is 56.0 cm³/mol. The zero-order valence-electron chi connectivity index (χ0n) is 8.19. The number of aromatic nitrogens is 1. The first-order chi connectivity index (χ1) is 6.11. The van der Waals surface area contributed by atoms with E-state index in [1.807, 2.05) is 33.0 Å². The summed E-state index contributed by atoms with van der Waals surface area (Å²) in [4.78, 5) is 5.22. The van der Waals surface area contributed by atoms with E-state index in [1.165, 1.54) is 10.5 Å².